The number of nitrogens with zero attached hydrogens (tertiary/aromatic N) is 1. The van der Waals surface area contributed by atoms with Gasteiger partial charge in [-0.15, -0.1) is 0 Å². The van der Waals surface area contributed by atoms with Crippen LogP contribution in [0.15, 0.2) is 47.3 Å². The van der Waals surface area contributed by atoms with E-state index in [2.05, 4.69) is 0 Å². The fraction of sp³-hybridized carbons (Fsp3) is 0.0833. The largest absolute Gasteiger partial charge is 0.302 e. The second-order valence-electron chi connectivity index (χ2n) is 3.33. The Bertz CT molecular complexity index is 531. The van der Waals surface area contributed by atoms with Crippen molar-refractivity contribution in [3.05, 3.63) is 58.0 Å². The highest BCUT2D eigenvalue weighted by Crippen LogP contribution is 2.19. The molecule has 15 heavy (non-hydrogen) atoms. The number of halogens is 1. The molecule has 0 spiro atoms. The second kappa shape index (κ2) is 3.91. The molecule has 0 aliphatic heterocycles. The third kappa shape index (κ3) is 1.95. The van der Waals surface area contributed by atoms with Gasteiger partial charge in [0.1, 0.15) is 5.15 Å². The molecule has 2 rings (SSSR count). The van der Waals surface area contributed by atoms with E-state index in [4.69, 9.17) is 11.6 Å². The summed E-state index contributed by atoms with van der Waals surface area (Å²) in [4.78, 5) is 11.5. The summed E-state index contributed by atoms with van der Waals surface area (Å²) < 4.78 is 1.41. The van der Waals surface area contributed by atoms with E-state index in [9.17, 15) is 4.79 Å². The van der Waals surface area contributed by atoms with Gasteiger partial charge in [-0.1, -0.05) is 41.9 Å². The zero-order valence-electron chi connectivity index (χ0n) is 8.27. The van der Waals surface area contributed by atoms with Gasteiger partial charge >= 0.3 is 0 Å². The number of aromatic nitrogens is 1. The van der Waals surface area contributed by atoms with Gasteiger partial charge in [-0.25, -0.2) is 0 Å². The Hall–Kier alpha value is -1.54. The first-order valence-corrected chi connectivity index (χ1v) is 4.98. The molecule has 76 valence electrons. The van der Waals surface area contributed by atoms with Crippen molar-refractivity contribution >= 4 is 11.6 Å². The van der Waals surface area contributed by atoms with Gasteiger partial charge in [0, 0.05) is 13.1 Å². The molecule has 0 N–H and O–H groups in total. The van der Waals surface area contributed by atoms with Crippen LogP contribution in [0.5, 0.6) is 0 Å². The van der Waals surface area contributed by atoms with E-state index in [1.54, 1.807) is 19.2 Å². The van der Waals surface area contributed by atoms with Crippen molar-refractivity contribution in [3.8, 4) is 11.1 Å². The van der Waals surface area contributed by atoms with Crippen molar-refractivity contribution in [3.63, 3.8) is 0 Å². The van der Waals surface area contributed by atoms with E-state index in [1.807, 2.05) is 30.3 Å². The highest BCUT2D eigenvalue weighted by Gasteiger charge is 2.02. The van der Waals surface area contributed by atoms with Crippen molar-refractivity contribution in [2.75, 3.05) is 0 Å². The summed E-state index contributed by atoms with van der Waals surface area (Å²) >= 11 is 5.93. The average molecular weight is 220 g/mol. The van der Waals surface area contributed by atoms with Gasteiger partial charge in [0.15, 0.2) is 0 Å². The predicted molar refractivity (Wildman–Crippen MR) is 62.1 cm³/mol. The smallest absolute Gasteiger partial charge is 0.252 e. The van der Waals surface area contributed by atoms with Crippen LogP contribution in [0.25, 0.3) is 11.1 Å². The zero-order valence-corrected chi connectivity index (χ0v) is 9.03. The Morgan fingerprint density at radius 3 is 2.33 bits per heavy atom. The zero-order chi connectivity index (χ0) is 10.8. The average Bonchev–Trinajstić information content (AvgIpc) is 2.26. The summed E-state index contributed by atoms with van der Waals surface area (Å²) in [6, 6.07) is 13.1. The van der Waals surface area contributed by atoms with E-state index in [0.29, 0.717) is 5.15 Å². The van der Waals surface area contributed by atoms with Gasteiger partial charge in [-0.2, -0.15) is 0 Å². The number of pyridine rings is 1. The maximum absolute atomic E-state index is 11.5. The SMILES string of the molecule is Cn1c(Cl)cc(-c2ccccc2)cc1=O. The molecule has 0 aliphatic rings. The van der Waals surface area contributed by atoms with Gasteiger partial charge < -0.3 is 4.57 Å². The van der Waals surface area contributed by atoms with Crippen LogP contribution in [0.1, 0.15) is 0 Å². The van der Waals surface area contributed by atoms with E-state index < -0.39 is 0 Å². The lowest BCUT2D eigenvalue weighted by molar-refractivity contribution is 0.862. The lowest BCUT2D eigenvalue weighted by Crippen LogP contribution is -2.15. The molecule has 0 bridgehead atoms. The maximum Gasteiger partial charge on any atom is 0.252 e. The number of benzene rings is 1. The van der Waals surface area contributed by atoms with Gasteiger partial charge in [-0.05, 0) is 17.2 Å². The molecule has 0 unspecified atom stereocenters. The van der Waals surface area contributed by atoms with Crippen LogP contribution in [-0.4, -0.2) is 4.57 Å². The minimum atomic E-state index is -0.0960. The van der Waals surface area contributed by atoms with E-state index in [0.717, 1.165) is 11.1 Å². The molecule has 0 amide bonds. The van der Waals surface area contributed by atoms with Crippen LogP contribution in [-0.2, 0) is 7.05 Å². The van der Waals surface area contributed by atoms with E-state index in [-0.39, 0.29) is 5.56 Å². The van der Waals surface area contributed by atoms with Gasteiger partial charge in [0.05, 0.1) is 0 Å². The topological polar surface area (TPSA) is 22.0 Å². The normalized spacial score (nSPS) is 10.3. The van der Waals surface area contributed by atoms with Crippen molar-refractivity contribution < 1.29 is 0 Å². The molecule has 1 heterocycles. The van der Waals surface area contributed by atoms with E-state index >= 15 is 0 Å². The summed E-state index contributed by atoms with van der Waals surface area (Å²) in [5, 5.41) is 0.446. The van der Waals surface area contributed by atoms with Crippen LogP contribution in [0.4, 0.5) is 0 Å². The first kappa shape index (κ1) is 9.99. The van der Waals surface area contributed by atoms with Crippen molar-refractivity contribution in [2.45, 2.75) is 0 Å². The minimum Gasteiger partial charge on any atom is -0.302 e. The molecule has 0 aliphatic carbocycles. The molecule has 1 aromatic heterocycles. The maximum atomic E-state index is 11.5. The number of hydrogen-bond acceptors (Lipinski definition) is 1. The summed E-state index contributed by atoms with van der Waals surface area (Å²) in [6.07, 6.45) is 0. The van der Waals surface area contributed by atoms with Gasteiger partial charge in [0.25, 0.3) is 5.56 Å². The fourth-order valence-corrected chi connectivity index (χ4v) is 1.60. The molecule has 0 saturated heterocycles. The highest BCUT2D eigenvalue weighted by atomic mass is 35.5. The third-order valence-corrected chi connectivity index (χ3v) is 2.67. The molecule has 2 nitrogen and oxygen atoms in total. The number of hydrogen-bond donors (Lipinski definition) is 0. The first-order chi connectivity index (χ1) is 7.18. The highest BCUT2D eigenvalue weighted by molar-refractivity contribution is 6.29. The molecule has 0 atom stereocenters. The molecular weight excluding hydrogens is 210 g/mol. The summed E-state index contributed by atoms with van der Waals surface area (Å²) in [6.45, 7) is 0. The summed E-state index contributed by atoms with van der Waals surface area (Å²) in [5.74, 6) is 0. The predicted octanol–water partition coefficient (Wildman–Crippen LogP) is 2.71. The van der Waals surface area contributed by atoms with Crippen molar-refractivity contribution in [2.24, 2.45) is 7.05 Å². The van der Waals surface area contributed by atoms with Crippen LogP contribution < -0.4 is 5.56 Å². The minimum absolute atomic E-state index is 0.0960. The molecule has 0 radical (unpaired) electrons. The standard InChI is InChI=1S/C12H10ClNO/c1-14-11(13)7-10(8-12(14)15)9-5-3-2-4-6-9/h2-8H,1H3. The summed E-state index contributed by atoms with van der Waals surface area (Å²) in [5.41, 5.74) is 1.75. The molecular formula is C12H10ClNO. The number of rotatable bonds is 1. The molecule has 2 aromatic rings. The monoisotopic (exact) mass is 219 g/mol. The molecule has 0 fully saturated rings. The summed E-state index contributed by atoms with van der Waals surface area (Å²) in [7, 11) is 1.65. The fourth-order valence-electron chi connectivity index (χ4n) is 1.40. The Kier molecular flexibility index (Phi) is 2.60. The van der Waals surface area contributed by atoms with Crippen LogP contribution in [0, 0.1) is 0 Å². The van der Waals surface area contributed by atoms with Crippen LogP contribution >= 0.6 is 11.6 Å². The van der Waals surface area contributed by atoms with Crippen LogP contribution in [0.3, 0.4) is 0 Å². The lowest BCUT2D eigenvalue weighted by atomic mass is 10.1. The van der Waals surface area contributed by atoms with Crippen molar-refractivity contribution in [1.29, 1.82) is 0 Å². The lowest BCUT2D eigenvalue weighted by Gasteiger charge is -2.05. The molecule has 1 aromatic carbocycles. The van der Waals surface area contributed by atoms with Gasteiger partial charge in [0.2, 0.25) is 0 Å². The Balaban J connectivity index is 2.61. The third-order valence-electron chi connectivity index (χ3n) is 2.31. The van der Waals surface area contributed by atoms with E-state index in [1.165, 1.54) is 4.57 Å². The quantitative estimate of drug-likeness (QED) is 0.676. The molecule has 0 saturated carbocycles. The Labute approximate surface area is 92.7 Å². The van der Waals surface area contributed by atoms with Crippen molar-refractivity contribution in [1.82, 2.24) is 4.57 Å². The van der Waals surface area contributed by atoms with Crippen LogP contribution in [0.2, 0.25) is 5.15 Å². The molecule has 3 heteroatoms. The Morgan fingerprint density at radius 1 is 1.07 bits per heavy atom. The van der Waals surface area contributed by atoms with Gasteiger partial charge in [-0.3, -0.25) is 4.79 Å². The second-order valence-corrected chi connectivity index (χ2v) is 3.72. The Morgan fingerprint density at radius 2 is 1.73 bits per heavy atom. The first-order valence-electron chi connectivity index (χ1n) is 4.60.